The average Bonchev–Trinajstić information content (AvgIpc) is 3.25. The number of sulfone groups is 1. The van der Waals surface area contributed by atoms with E-state index in [0.717, 1.165) is 28.7 Å². The Balaban J connectivity index is 1.53. The summed E-state index contributed by atoms with van der Waals surface area (Å²) in [7, 11) is -2.94. The molecule has 2 aliphatic rings. The molecule has 0 bridgehead atoms. The van der Waals surface area contributed by atoms with Crippen molar-refractivity contribution in [2.75, 3.05) is 18.1 Å². The van der Waals surface area contributed by atoms with Gasteiger partial charge in [-0.3, -0.25) is 4.79 Å². The fourth-order valence-electron chi connectivity index (χ4n) is 3.30. The Labute approximate surface area is 160 Å². The average molecular weight is 439 g/mol. The highest BCUT2D eigenvalue weighted by molar-refractivity contribution is 9.10. The van der Waals surface area contributed by atoms with Crippen LogP contribution in [0, 0.1) is 5.92 Å². The molecule has 1 saturated heterocycles. The number of hydrogen-bond donors (Lipinski definition) is 1. The van der Waals surface area contributed by atoms with Crippen molar-refractivity contribution >= 4 is 31.7 Å². The zero-order valence-electron chi connectivity index (χ0n) is 14.1. The third kappa shape index (κ3) is 3.68. The maximum Gasteiger partial charge on any atom is 0.273 e. The van der Waals surface area contributed by atoms with Gasteiger partial charge < -0.3 is 5.32 Å². The van der Waals surface area contributed by atoms with E-state index in [1.165, 1.54) is 0 Å². The Hall–Kier alpha value is -1.74. The van der Waals surface area contributed by atoms with E-state index in [2.05, 4.69) is 31.6 Å². The van der Waals surface area contributed by atoms with E-state index in [1.807, 2.05) is 24.3 Å². The summed E-state index contributed by atoms with van der Waals surface area (Å²) in [6, 6.07) is 7.70. The topological polar surface area (TPSA) is 93.9 Å². The molecule has 2 fully saturated rings. The molecule has 26 heavy (non-hydrogen) atoms. The number of nitrogens with zero attached hydrogens (tertiary/aromatic N) is 3. The van der Waals surface area contributed by atoms with Gasteiger partial charge in [0.2, 0.25) is 0 Å². The van der Waals surface area contributed by atoms with Gasteiger partial charge >= 0.3 is 0 Å². The first-order chi connectivity index (χ1) is 12.4. The third-order valence-corrected chi connectivity index (χ3v) is 7.20. The Morgan fingerprint density at radius 3 is 2.58 bits per heavy atom. The van der Waals surface area contributed by atoms with Crippen LogP contribution in [0.1, 0.15) is 41.4 Å². The van der Waals surface area contributed by atoms with Crippen LogP contribution in [0.2, 0.25) is 0 Å². The van der Waals surface area contributed by atoms with Crippen molar-refractivity contribution in [1.29, 1.82) is 0 Å². The molecule has 2 heterocycles. The third-order valence-electron chi connectivity index (χ3n) is 4.83. The number of aromatic nitrogens is 3. The lowest BCUT2D eigenvalue weighted by molar-refractivity contribution is 0.0942. The zero-order chi connectivity index (χ0) is 18.3. The second-order valence-electron chi connectivity index (χ2n) is 6.96. The summed E-state index contributed by atoms with van der Waals surface area (Å²) in [6.45, 7) is 0.354. The second kappa shape index (κ2) is 6.77. The molecular weight excluding hydrogens is 420 g/mol. The molecular formula is C17H19BrN4O3S. The van der Waals surface area contributed by atoms with E-state index in [4.69, 9.17) is 0 Å². The summed E-state index contributed by atoms with van der Waals surface area (Å²) in [6.07, 6.45) is 2.64. The molecule has 0 radical (unpaired) electrons. The van der Waals surface area contributed by atoms with E-state index >= 15 is 0 Å². The van der Waals surface area contributed by atoms with Gasteiger partial charge in [0.05, 0.1) is 22.9 Å². The van der Waals surface area contributed by atoms with Crippen molar-refractivity contribution in [3.63, 3.8) is 0 Å². The van der Waals surface area contributed by atoms with Crippen LogP contribution in [0.25, 0.3) is 5.69 Å². The molecule has 1 aromatic heterocycles. The van der Waals surface area contributed by atoms with E-state index < -0.39 is 9.84 Å². The molecule has 1 aliphatic heterocycles. The molecule has 1 aromatic carbocycles. The zero-order valence-corrected chi connectivity index (χ0v) is 16.5. The van der Waals surface area contributed by atoms with Gasteiger partial charge in [-0.25, -0.2) is 13.1 Å². The van der Waals surface area contributed by atoms with Crippen LogP contribution in [0.3, 0.4) is 0 Å². The molecule has 1 atom stereocenters. The lowest BCUT2D eigenvalue weighted by Gasteiger charge is -2.10. The Morgan fingerprint density at radius 2 is 1.96 bits per heavy atom. The van der Waals surface area contributed by atoms with Crippen molar-refractivity contribution in [2.24, 2.45) is 5.92 Å². The highest BCUT2D eigenvalue weighted by atomic mass is 79.9. The Kier molecular flexibility index (Phi) is 4.60. The molecule has 0 spiro atoms. The smallest absolute Gasteiger partial charge is 0.273 e. The van der Waals surface area contributed by atoms with Crippen molar-refractivity contribution in [2.45, 2.75) is 25.2 Å². The predicted octanol–water partition coefficient (Wildman–Crippen LogP) is 2.07. The molecule has 1 amide bonds. The quantitative estimate of drug-likeness (QED) is 0.770. The van der Waals surface area contributed by atoms with Gasteiger partial charge in [-0.05, 0) is 49.4 Å². The lowest BCUT2D eigenvalue weighted by atomic mass is 10.1. The SMILES string of the molecule is O=C(NCC1CCS(=O)(=O)C1)c1nnn(-c2ccc(Br)cc2)c1C1CC1. The Morgan fingerprint density at radius 1 is 1.23 bits per heavy atom. The van der Waals surface area contributed by atoms with E-state index in [9.17, 15) is 13.2 Å². The van der Waals surface area contributed by atoms with Gasteiger partial charge in [-0.15, -0.1) is 5.10 Å². The summed E-state index contributed by atoms with van der Waals surface area (Å²) in [5.41, 5.74) is 2.05. The van der Waals surface area contributed by atoms with Crippen molar-refractivity contribution in [3.8, 4) is 5.69 Å². The summed E-state index contributed by atoms with van der Waals surface area (Å²) < 4.78 is 25.8. The van der Waals surface area contributed by atoms with Crippen LogP contribution >= 0.6 is 15.9 Å². The van der Waals surface area contributed by atoms with Crippen LogP contribution in [0.5, 0.6) is 0 Å². The first kappa shape index (κ1) is 17.7. The summed E-state index contributed by atoms with van der Waals surface area (Å²) in [5.74, 6) is 0.352. The van der Waals surface area contributed by atoms with E-state index in [-0.39, 0.29) is 23.3 Å². The van der Waals surface area contributed by atoms with E-state index in [0.29, 0.717) is 24.6 Å². The minimum absolute atomic E-state index is 0.0187. The van der Waals surface area contributed by atoms with Crippen LogP contribution in [-0.4, -0.2) is 47.4 Å². The van der Waals surface area contributed by atoms with Crippen LogP contribution in [0.15, 0.2) is 28.7 Å². The predicted molar refractivity (Wildman–Crippen MR) is 100 cm³/mol. The molecule has 7 nitrogen and oxygen atoms in total. The molecule has 4 rings (SSSR count). The maximum absolute atomic E-state index is 12.6. The number of carbonyl (C=O) groups is 1. The molecule has 9 heteroatoms. The first-order valence-corrected chi connectivity index (χ1v) is 11.2. The minimum atomic E-state index is -2.94. The minimum Gasteiger partial charge on any atom is -0.350 e. The number of nitrogens with one attached hydrogen (secondary N) is 1. The van der Waals surface area contributed by atoms with Gasteiger partial charge in [-0.1, -0.05) is 21.1 Å². The summed E-state index contributed by atoms with van der Waals surface area (Å²) in [5, 5.41) is 11.2. The number of hydrogen-bond acceptors (Lipinski definition) is 5. The largest absolute Gasteiger partial charge is 0.350 e. The molecule has 2 aromatic rings. The number of halogens is 1. The summed E-state index contributed by atoms with van der Waals surface area (Å²) >= 11 is 3.41. The van der Waals surface area contributed by atoms with Crippen molar-refractivity contribution < 1.29 is 13.2 Å². The number of benzene rings is 1. The molecule has 1 aliphatic carbocycles. The number of carbonyl (C=O) groups excluding carboxylic acids is 1. The second-order valence-corrected chi connectivity index (χ2v) is 10.1. The molecule has 1 saturated carbocycles. The fourth-order valence-corrected chi connectivity index (χ4v) is 5.43. The van der Waals surface area contributed by atoms with Gasteiger partial charge in [0.25, 0.3) is 5.91 Å². The van der Waals surface area contributed by atoms with Gasteiger partial charge in [0.15, 0.2) is 15.5 Å². The van der Waals surface area contributed by atoms with Gasteiger partial charge in [0, 0.05) is 16.9 Å². The monoisotopic (exact) mass is 438 g/mol. The molecule has 138 valence electrons. The van der Waals surface area contributed by atoms with Crippen LogP contribution in [0.4, 0.5) is 0 Å². The highest BCUT2D eigenvalue weighted by Gasteiger charge is 2.35. The van der Waals surface area contributed by atoms with Crippen molar-refractivity contribution in [3.05, 3.63) is 40.1 Å². The summed E-state index contributed by atoms with van der Waals surface area (Å²) in [4.78, 5) is 12.6. The number of rotatable bonds is 5. The Bertz CT molecular complexity index is 935. The maximum atomic E-state index is 12.6. The first-order valence-electron chi connectivity index (χ1n) is 8.63. The standard InChI is InChI=1S/C17H19BrN4O3S/c18-13-3-5-14(6-4-13)22-16(12-1-2-12)15(20-21-22)17(23)19-9-11-7-8-26(24,25)10-11/h3-6,11-12H,1-2,7-10H2,(H,19,23). The van der Waals surface area contributed by atoms with Crippen LogP contribution < -0.4 is 5.32 Å². The fraction of sp³-hybridized carbons (Fsp3) is 0.471. The van der Waals surface area contributed by atoms with E-state index in [1.54, 1.807) is 4.68 Å². The molecule has 1 unspecified atom stereocenters. The van der Waals surface area contributed by atoms with Gasteiger partial charge in [0.1, 0.15) is 0 Å². The van der Waals surface area contributed by atoms with Crippen LogP contribution in [-0.2, 0) is 9.84 Å². The molecule has 1 N–H and O–H groups in total. The van der Waals surface area contributed by atoms with Crippen molar-refractivity contribution in [1.82, 2.24) is 20.3 Å². The lowest BCUT2D eigenvalue weighted by Crippen LogP contribution is -2.30. The number of amides is 1. The normalized spacial score (nSPS) is 21.7. The van der Waals surface area contributed by atoms with Gasteiger partial charge in [-0.2, -0.15) is 0 Å². The highest BCUT2D eigenvalue weighted by Crippen LogP contribution is 2.42.